The third-order valence-electron chi connectivity index (χ3n) is 3.46. The van der Waals surface area contributed by atoms with Crippen molar-refractivity contribution in [2.45, 2.75) is 19.4 Å². The van der Waals surface area contributed by atoms with Gasteiger partial charge < -0.3 is 5.32 Å². The zero-order chi connectivity index (χ0) is 12.2. The second-order valence-corrected chi connectivity index (χ2v) is 5.00. The molecule has 1 nitrogen and oxygen atoms in total. The summed E-state index contributed by atoms with van der Waals surface area (Å²) in [5, 5.41) is 3.54. The van der Waals surface area contributed by atoms with E-state index in [1.165, 1.54) is 29.5 Å². The summed E-state index contributed by atoms with van der Waals surface area (Å²) in [6.45, 7) is 2.07. The van der Waals surface area contributed by atoms with Crippen molar-refractivity contribution in [2.75, 3.05) is 6.54 Å². The minimum absolute atomic E-state index is 0.918. The normalized spacial score (nSPS) is 14.7. The quantitative estimate of drug-likeness (QED) is 0.835. The molecular formula is C17H18N. The van der Waals surface area contributed by atoms with E-state index in [1.54, 1.807) is 0 Å². The van der Waals surface area contributed by atoms with Gasteiger partial charge in [-0.2, -0.15) is 0 Å². The van der Waals surface area contributed by atoms with Crippen LogP contribution >= 0.6 is 0 Å². The summed E-state index contributed by atoms with van der Waals surface area (Å²) in [5.74, 6) is 0.925. The number of nitrogens with one attached hydrogen (secondary N) is 1. The predicted molar refractivity (Wildman–Crippen MR) is 75.1 cm³/mol. The Morgan fingerprint density at radius 1 is 1.06 bits per heavy atom. The molecule has 0 saturated heterocycles. The maximum Gasteiger partial charge on any atom is 0.0217 e. The molecule has 0 unspecified atom stereocenters. The lowest BCUT2D eigenvalue weighted by molar-refractivity contribution is 0.639. The van der Waals surface area contributed by atoms with Crippen LogP contribution in [0.15, 0.2) is 48.5 Å². The minimum Gasteiger partial charge on any atom is -0.312 e. The molecule has 0 spiro atoms. The lowest BCUT2D eigenvalue weighted by Crippen LogP contribution is -2.16. The van der Waals surface area contributed by atoms with Crippen LogP contribution in [0.2, 0.25) is 0 Å². The van der Waals surface area contributed by atoms with Crippen molar-refractivity contribution < 1.29 is 0 Å². The lowest BCUT2D eigenvalue weighted by Gasteiger charge is -2.10. The third-order valence-corrected chi connectivity index (χ3v) is 3.46. The fourth-order valence-corrected chi connectivity index (χ4v) is 2.23. The highest BCUT2D eigenvalue weighted by atomic mass is 14.9. The molecule has 2 aromatic rings. The van der Waals surface area contributed by atoms with E-state index in [2.05, 4.69) is 53.8 Å². The molecule has 1 aliphatic rings. The van der Waals surface area contributed by atoms with Crippen molar-refractivity contribution in [3.8, 4) is 11.1 Å². The van der Waals surface area contributed by atoms with Crippen LogP contribution in [-0.2, 0) is 6.54 Å². The molecular weight excluding hydrogens is 218 g/mol. The second-order valence-electron chi connectivity index (χ2n) is 5.00. The van der Waals surface area contributed by atoms with Gasteiger partial charge in [0.15, 0.2) is 0 Å². The first-order valence-electron chi connectivity index (χ1n) is 6.69. The van der Waals surface area contributed by atoms with E-state index in [1.807, 2.05) is 6.07 Å². The monoisotopic (exact) mass is 236 g/mol. The number of rotatable bonds is 5. The van der Waals surface area contributed by atoms with E-state index >= 15 is 0 Å². The average Bonchev–Trinajstić information content (AvgIpc) is 3.25. The van der Waals surface area contributed by atoms with Gasteiger partial charge in [0, 0.05) is 6.54 Å². The summed E-state index contributed by atoms with van der Waals surface area (Å²) < 4.78 is 0. The molecule has 1 aliphatic carbocycles. The Labute approximate surface area is 109 Å². The van der Waals surface area contributed by atoms with Crippen LogP contribution in [0.5, 0.6) is 0 Å². The molecule has 0 bridgehead atoms. The molecule has 0 heterocycles. The van der Waals surface area contributed by atoms with Crippen LogP contribution < -0.4 is 5.32 Å². The maximum absolute atomic E-state index is 3.54. The zero-order valence-electron chi connectivity index (χ0n) is 10.5. The third kappa shape index (κ3) is 2.80. The van der Waals surface area contributed by atoms with E-state index in [0.29, 0.717) is 0 Å². The average molecular weight is 236 g/mol. The Kier molecular flexibility index (Phi) is 3.42. The molecule has 0 aliphatic heterocycles. The Hall–Kier alpha value is -1.60. The van der Waals surface area contributed by atoms with Gasteiger partial charge in [0.2, 0.25) is 0 Å². The van der Waals surface area contributed by atoms with Gasteiger partial charge in [-0.1, -0.05) is 48.5 Å². The fourth-order valence-electron chi connectivity index (χ4n) is 2.23. The van der Waals surface area contributed by atoms with Gasteiger partial charge >= 0.3 is 0 Å². The molecule has 1 N–H and O–H groups in total. The summed E-state index contributed by atoms with van der Waals surface area (Å²) in [4.78, 5) is 0. The van der Waals surface area contributed by atoms with Crippen molar-refractivity contribution in [1.29, 1.82) is 0 Å². The SMILES string of the molecule is [c]1cccc(-c2ccccc2)c1CNCC1CC1. The van der Waals surface area contributed by atoms with Gasteiger partial charge in [0.05, 0.1) is 0 Å². The predicted octanol–water partition coefficient (Wildman–Crippen LogP) is 3.65. The summed E-state index contributed by atoms with van der Waals surface area (Å²) in [5.41, 5.74) is 3.84. The highest BCUT2D eigenvalue weighted by molar-refractivity contribution is 5.66. The smallest absolute Gasteiger partial charge is 0.0217 e. The molecule has 1 fully saturated rings. The Morgan fingerprint density at radius 3 is 2.67 bits per heavy atom. The van der Waals surface area contributed by atoms with Crippen molar-refractivity contribution in [1.82, 2.24) is 5.32 Å². The van der Waals surface area contributed by atoms with Crippen molar-refractivity contribution in [3.05, 3.63) is 60.2 Å². The van der Waals surface area contributed by atoms with Gasteiger partial charge in [0.25, 0.3) is 0 Å². The van der Waals surface area contributed by atoms with E-state index in [9.17, 15) is 0 Å². The maximum atomic E-state index is 3.54. The van der Waals surface area contributed by atoms with Crippen LogP contribution in [0.4, 0.5) is 0 Å². The first kappa shape index (κ1) is 11.5. The largest absolute Gasteiger partial charge is 0.312 e. The van der Waals surface area contributed by atoms with Gasteiger partial charge in [-0.05, 0) is 48.1 Å². The first-order chi connectivity index (χ1) is 8.93. The Bertz CT molecular complexity index is 500. The lowest BCUT2D eigenvalue weighted by atomic mass is 10.00. The highest BCUT2D eigenvalue weighted by Gasteiger charge is 2.20. The second kappa shape index (κ2) is 5.36. The molecule has 91 valence electrons. The van der Waals surface area contributed by atoms with Crippen LogP contribution in [-0.4, -0.2) is 6.54 Å². The molecule has 2 aromatic carbocycles. The highest BCUT2D eigenvalue weighted by Crippen LogP contribution is 2.28. The number of benzene rings is 2. The van der Waals surface area contributed by atoms with Crippen LogP contribution in [0.3, 0.4) is 0 Å². The van der Waals surface area contributed by atoms with Crippen LogP contribution in [0.25, 0.3) is 11.1 Å². The van der Waals surface area contributed by atoms with E-state index < -0.39 is 0 Å². The molecule has 0 atom stereocenters. The van der Waals surface area contributed by atoms with Gasteiger partial charge in [0.1, 0.15) is 0 Å². The van der Waals surface area contributed by atoms with E-state index in [4.69, 9.17) is 0 Å². The summed E-state index contributed by atoms with van der Waals surface area (Å²) in [6, 6.07) is 20.2. The molecule has 3 rings (SSSR count). The van der Waals surface area contributed by atoms with E-state index in [0.717, 1.165) is 19.0 Å². The van der Waals surface area contributed by atoms with Crippen molar-refractivity contribution in [2.24, 2.45) is 5.92 Å². The summed E-state index contributed by atoms with van der Waals surface area (Å²) in [6.07, 6.45) is 2.80. The minimum atomic E-state index is 0.918. The Morgan fingerprint density at radius 2 is 1.89 bits per heavy atom. The van der Waals surface area contributed by atoms with Gasteiger partial charge in [-0.15, -0.1) is 0 Å². The fraction of sp³-hybridized carbons (Fsp3) is 0.294. The Balaban J connectivity index is 1.76. The number of hydrogen-bond donors (Lipinski definition) is 1. The van der Waals surface area contributed by atoms with Gasteiger partial charge in [-0.25, -0.2) is 0 Å². The summed E-state index contributed by atoms with van der Waals surface area (Å²) >= 11 is 0. The topological polar surface area (TPSA) is 12.0 Å². The van der Waals surface area contributed by atoms with Crippen molar-refractivity contribution >= 4 is 0 Å². The van der Waals surface area contributed by atoms with Crippen LogP contribution in [0.1, 0.15) is 18.4 Å². The summed E-state index contributed by atoms with van der Waals surface area (Å²) in [7, 11) is 0. The van der Waals surface area contributed by atoms with Crippen molar-refractivity contribution in [3.63, 3.8) is 0 Å². The van der Waals surface area contributed by atoms with E-state index in [-0.39, 0.29) is 0 Å². The molecule has 1 saturated carbocycles. The first-order valence-corrected chi connectivity index (χ1v) is 6.69. The molecule has 18 heavy (non-hydrogen) atoms. The number of hydrogen-bond acceptors (Lipinski definition) is 1. The molecule has 1 radical (unpaired) electrons. The van der Waals surface area contributed by atoms with Gasteiger partial charge in [-0.3, -0.25) is 0 Å². The zero-order valence-corrected chi connectivity index (χ0v) is 10.5. The molecule has 0 amide bonds. The standard InChI is InChI=1S/C17H18N/c1-2-6-15(7-3-1)17-9-5-4-8-16(17)13-18-12-14-10-11-14/h1-7,9,14,18H,10-13H2. The molecule has 0 aromatic heterocycles. The van der Waals surface area contributed by atoms with Crippen LogP contribution in [0, 0.1) is 12.0 Å². The molecule has 1 heteroatoms.